The van der Waals surface area contributed by atoms with Crippen LogP contribution < -0.4 is 30.0 Å². The number of esters is 3. The van der Waals surface area contributed by atoms with Crippen LogP contribution in [0.2, 0.25) is 0 Å². The second-order valence-corrected chi connectivity index (χ2v) is 6.91. The molecule has 0 aliphatic carbocycles. The molecule has 2 aromatic rings. The first-order valence-corrected chi connectivity index (χ1v) is 11.4. The molecule has 0 saturated heterocycles. The van der Waals surface area contributed by atoms with E-state index in [1.165, 1.54) is 27.4 Å². The fourth-order valence-electron chi connectivity index (χ4n) is 2.67. The lowest BCUT2D eigenvalue weighted by Crippen LogP contribution is -2.02. The third-order valence-corrected chi connectivity index (χ3v) is 4.33. The highest BCUT2D eigenvalue weighted by Gasteiger charge is 2.17. The number of rotatable bonds is 3. The van der Waals surface area contributed by atoms with Gasteiger partial charge in [-0.2, -0.15) is 9.59 Å². The van der Waals surface area contributed by atoms with Gasteiger partial charge in [0.05, 0.1) is 32.7 Å². The third-order valence-electron chi connectivity index (χ3n) is 4.33. The predicted molar refractivity (Wildman–Crippen MR) is 151 cm³/mol. The number of aliphatic hydroxyl groups is 1. The molecule has 15 heteroatoms. The lowest BCUT2D eigenvalue weighted by molar-refractivity contribution is -0.191. The van der Waals surface area contributed by atoms with Gasteiger partial charge in [0.1, 0.15) is 0 Å². The molecule has 0 radical (unpaired) electrons. The van der Waals surface area contributed by atoms with Crippen molar-refractivity contribution in [3.8, 4) is 34.8 Å². The summed E-state index contributed by atoms with van der Waals surface area (Å²) in [6.45, 7) is 2.27. The zero-order valence-electron chi connectivity index (χ0n) is 23.4. The number of hydrogen-bond donors (Lipinski definition) is 3. The highest BCUT2D eigenvalue weighted by atomic mass is 16.7. The highest BCUT2D eigenvalue weighted by Crippen LogP contribution is 2.39. The summed E-state index contributed by atoms with van der Waals surface area (Å²) in [4.78, 5) is 47.8. The van der Waals surface area contributed by atoms with Gasteiger partial charge in [0.25, 0.3) is 0 Å². The van der Waals surface area contributed by atoms with Gasteiger partial charge in [-0.05, 0) is 31.2 Å². The maximum atomic E-state index is 11.1. The van der Waals surface area contributed by atoms with E-state index in [9.17, 15) is 14.4 Å². The molecule has 2 aliphatic rings. The summed E-state index contributed by atoms with van der Waals surface area (Å²) >= 11 is 0. The van der Waals surface area contributed by atoms with E-state index in [-0.39, 0.29) is 27.2 Å². The molecule has 0 atom stereocenters. The van der Waals surface area contributed by atoms with Gasteiger partial charge in [-0.15, -0.1) is 0 Å². The van der Waals surface area contributed by atoms with Crippen molar-refractivity contribution in [2.24, 2.45) is 0 Å². The van der Waals surface area contributed by atoms with Crippen LogP contribution >= 0.6 is 0 Å². The number of benzene rings is 2. The van der Waals surface area contributed by atoms with Gasteiger partial charge in [-0.25, -0.2) is 14.4 Å². The molecule has 0 aromatic heterocycles. The molecule has 2 aromatic carbocycles. The smallest absolute Gasteiger partial charge is 0.384 e. The van der Waals surface area contributed by atoms with Crippen LogP contribution in [0.3, 0.4) is 0 Å². The standard InChI is InChI=1S/C12H13NO4.C7H7NO2.C6H6O4.CO2.CH4O.CH4/c1-8(6-11(14)15-2)13-9-4-3-5-10-12(9)17-7-16-10;8-5-2-1-3-6-7(5)10-4-9-6;1-9-5(7)3-4-6(8)10-2;2-1-3;1-2;/h3-6,13H,7H2,1-2H3;1-3H,4,8H2;1-2H3;;2H,1H3;1H4/b8-6+;;;;;. The number of nitrogens with one attached hydrogen (secondary N) is 1. The molecule has 15 nitrogen and oxygen atoms in total. The van der Waals surface area contributed by atoms with E-state index in [4.69, 9.17) is 39.4 Å². The Morgan fingerprint density at radius 2 is 1.30 bits per heavy atom. The molecular weight excluding hydrogens is 572 g/mol. The van der Waals surface area contributed by atoms with Gasteiger partial charge < -0.3 is 49.3 Å². The van der Waals surface area contributed by atoms with E-state index in [1.807, 2.05) is 42.2 Å². The Hall–Kier alpha value is -5.71. The number of hydrogen-bond acceptors (Lipinski definition) is 15. The predicted octanol–water partition coefficient (Wildman–Crippen LogP) is 1.90. The van der Waals surface area contributed by atoms with Crippen molar-refractivity contribution in [2.45, 2.75) is 14.4 Å². The van der Waals surface area contributed by atoms with Crippen LogP contribution in [0.4, 0.5) is 11.4 Å². The van der Waals surface area contributed by atoms with Crippen LogP contribution in [0.5, 0.6) is 23.0 Å². The Morgan fingerprint density at radius 3 is 1.77 bits per heavy atom. The molecule has 43 heavy (non-hydrogen) atoms. The number of aliphatic hydroxyl groups excluding tert-OH is 1. The molecule has 2 heterocycles. The number of ether oxygens (including phenoxy) is 7. The largest absolute Gasteiger partial charge is 0.466 e. The molecule has 0 bridgehead atoms. The van der Waals surface area contributed by atoms with Crippen LogP contribution in [0.1, 0.15) is 14.4 Å². The number of carbonyl (C=O) groups excluding carboxylic acids is 5. The Bertz CT molecular complexity index is 1290. The number of allylic oxidation sites excluding steroid dienone is 1. The summed E-state index contributed by atoms with van der Waals surface area (Å²) in [5.41, 5.74) is 7.63. The first kappa shape index (κ1) is 39.4. The summed E-state index contributed by atoms with van der Waals surface area (Å²) in [6.07, 6.45) is 1.62. The molecular formula is C28H34N2O13. The normalized spacial score (nSPS) is 10.4. The number of para-hydroxylation sites is 2. The molecule has 0 saturated carbocycles. The van der Waals surface area contributed by atoms with Crippen molar-refractivity contribution in [3.05, 3.63) is 48.2 Å². The lowest BCUT2D eigenvalue weighted by atomic mass is 10.2. The second kappa shape index (κ2) is 23.0. The average Bonchev–Trinajstić information content (AvgIpc) is 3.69. The van der Waals surface area contributed by atoms with Crippen molar-refractivity contribution in [3.63, 3.8) is 0 Å². The molecule has 0 amide bonds. The van der Waals surface area contributed by atoms with Crippen LogP contribution in [0, 0.1) is 11.8 Å². The van der Waals surface area contributed by atoms with Gasteiger partial charge in [-0.3, -0.25) is 0 Å². The van der Waals surface area contributed by atoms with Crippen LogP contribution in [0.25, 0.3) is 0 Å². The number of carbonyl (C=O) groups is 3. The maximum Gasteiger partial charge on any atom is 0.384 e. The molecule has 0 spiro atoms. The Morgan fingerprint density at radius 1 is 0.837 bits per heavy atom. The fourth-order valence-corrected chi connectivity index (χ4v) is 2.67. The van der Waals surface area contributed by atoms with Crippen molar-refractivity contribution in [2.75, 3.05) is 53.1 Å². The summed E-state index contributed by atoms with van der Waals surface area (Å²) in [5, 5.41) is 10.1. The molecule has 234 valence electrons. The summed E-state index contributed by atoms with van der Waals surface area (Å²) in [6, 6.07) is 11.0. The van der Waals surface area contributed by atoms with Crippen molar-refractivity contribution < 1.29 is 62.2 Å². The maximum absolute atomic E-state index is 11.1. The molecule has 4 rings (SSSR count). The molecule has 0 unspecified atom stereocenters. The SMILES string of the molecule is C.CO.COC(=O)/C=C(\C)Nc1cccc2c1OCO2.COC(=O)C#CC(=O)OC.Nc1cccc2c1OCO2.O=C=O. The monoisotopic (exact) mass is 606 g/mol. The van der Waals surface area contributed by atoms with Gasteiger partial charge >= 0.3 is 24.1 Å². The number of anilines is 2. The van der Waals surface area contributed by atoms with E-state index >= 15 is 0 Å². The quantitative estimate of drug-likeness (QED) is 0.114. The molecule has 4 N–H and O–H groups in total. The number of fused-ring (bicyclic) bond motifs is 2. The van der Waals surface area contributed by atoms with Gasteiger partial charge in [0.15, 0.2) is 23.0 Å². The van der Waals surface area contributed by atoms with Crippen LogP contribution in [0.15, 0.2) is 48.2 Å². The van der Waals surface area contributed by atoms with E-state index < -0.39 is 17.9 Å². The van der Waals surface area contributed by atoms with Gasteiger partial charge in [-0.1, -0.05) is 19.6 Å². The van der Waals surface area contributed by atoms with Crippen molar-refractivity contribution >= 4 is 35.4 Å². The van der Waals surface area contributed by atoms with Crippen LogP contribution in [-0.4, -0.2) is 71.2 Å². The second-order valence-electron chi connectivity index (χ2n) is 6.91. The Labute approximate surface area is 248 Å². The average molecular weight is 607 g/mol. The van der Waals surface area contributed by atoms with Crippen molar-refractivity contribution in [1.29, 1.82) is 0 Å². The zero-order valence-corrected chi connectivity index (χ0v) is 23.4. The lowest BCUT2D eigenvalue weighted by Gasteiger charge is -2.08. The van der Waals surface area contributed by atoms with Crippen LogP contribution in [-0.2, 0) is 38.2 Å². The minimum absolute atomic E-state index is 0. The third kappa shape index (κ3) is 15.0. The number of methoxy groups -OCH3 is 3. The first-order chi connectivity index (χ1) is 20.2. The highest BCUT2D eigenvalue weighted by molar-refractivity contribution is 5.98. The summed E-state index contributed by atoms with van der Waals surface area (Å²) < 4.78 is 33.5. The summed E-state index contributed by atoms with van der Waals surface area (Å²) in [7, 11) is 4.69. The van der Waals surface area contributed by atoms with E-state index in [0.29, 0.717) is 28.6 Å². The summed E-state index contributed by atoms with van der Waals surface area (Å²) in [5.74, 6) is 4.63. The molecule has 0 fully saturated rings. The Balaban J connectivity index is 0. The minimum atomic E-state index is -0.759. The van der Waals surface area contributed by atoms with E-state index in [1.54, 1.807) is 13.0 Å². The fraction of sp³-hybridized carbons (Fsp3) is 0.286. The first-order valence-electron chi connectivity index (χ1n) is 11.4. The minimum Gasteiger partial charge on any atom is -0.466 e. The van der Waals surface area contributed by atoms with Gasteiger partial charge in [0, 0.05) is 30.7 Å². The number of nitrogen functional groups attached to an aromatic ring is 1. The van der Waals surface area contributed by atoms with E-state index in [0.717, 1.165) is 18.5 Å². The zero-order chi connectivity index (χ0) is 31.9. The van der Waals surface area contributed by atoms with Gasteiger partial charge in [0.2, 0.25) is 13.6 Å². The Kier molecular flexibility index (Phi) is 21.1. The van der Waals surface area contributed by atoms with E-state index in [2.05, 4.69) is 19.5 Å². The topological polar surface area (TPSA) is 208 Å². The van der Waals surface area contributed by atoms with Crippen molar-refractivity contribution in [1.82, 2.24) is 0 Å². The number of nitrogens with two attached hydrogens (primary N) is 1. The molecule has 2 aliphatic heterocycles.